The van der Waals surface area contributed by atoms with Crippen LogP contribution in [0, 0.1) is 18.6 Å². The molecule has 0 saturated heterocycles. The number of carbonyl (C=O) groups excluding carboxylic acids is 1. The summed E-state index contributed by atoms with van der Waals surface area (Å²) in [4.78, 5) is 21.2. The summed E-state index contributed by atoms with van der Waals surface area (Å²) in [7, 11) is 0. The zero-order valence-electron chi connectivity index (χ0n) is 15.5. The van der Waals surface area contributed by atoms with E-state index in [1.165, 1.54) is 6.07 Å². The molecule has 1 N–H and O–H groups in total. The largest absolute Gasteiger partial charge is 0.326 e. The maximum absolute atomic E-state index is 13.8. The van der Waals surface area contributed by atoms with Crippen molar-refractivity contribution in [3.8, 4) is 0 Å². The fraction of sp³-hybridized carbons (Fsp3) is 0.136. The topological polar surface area (TPSA) is 54.4 Å². The SMILES string of the molecule is Cc1cnc2c(c1)CC(c1cc(NC(=O)Cc3c(F)cccc3F)ccc1Cl)=N2. The van der Waals surface area contributed by atoms with Gasteiger partial charge in [0.25, 0.3) is 0 Å². The van der Waals surface area contributed by atoms with Crippen molar-refractivity contribution in [1.82, 2.24) is 4.98 Å². The number of hydrogen-bond acceptors (Lipinski definition) is 3. The Morgan fingerprint density at radius 1 is 1.17 bits per heavy atom. The van der Waals surface area contributed by atoms with Gasteiger partial charge in [0.1, 0.15) is 11.6 Å². The molecule has 2 aromatic carbocycles. The normalized spacial score (nSPS) is 12.5. The second-order valence-corrected chi connectivity index (χ2v) is 7.26. The highest BCUT2D eigenvalue weighted by Crippen LogP contribution is 2.31. The second kappa shape index (κ2) is 7.72. The molecule has 2 heterocycles. The average Bonchev–Trinajstić information content (AvgIpc) is 3.09. The molecular formula is C22H16ClF2N3O. The van der Waals surface area contributed by atoms with E-state index in [1.807, 2.05) is 13.0 Å². The van der Waals surface area contributed by atoms with Gasteiger partial charge in [-0.2, -0.15) is 0 Å². The van der Waals surface area contributed by atoms with Crippen LogP contribution in [0.1, 0.15) is 22.3 Å². The number of fused-ring (bicyclic) bond motifs is 1. The number of hydrogen-bond donors (Lipinski definition) is 1. The second-order valence-electron chi connectivity index (χ2n) is 6.85. The zero-order chi connectivity index (χ0) is 20.5. The molecule has 1 aliphatic rings. The molecule has 0 spiro atoms. The summed E-state index contributed by atoms with van der Waals surface area (Å²) in [6, 6.07) is 10.5. The van der Waals surface area contributed by atoms with Crippen LogP contribution in [-0.2, 0) is 17.6 Å². The maximum atomic E-state index is 13.8. The molecule has 3 aromatic rings. The van der Waals surface area contributed by atoms with E-state index in [-0.39, 0.29) is 5.56 Å². The van der Waals surface area contributed by atoms with E-state index in [0.717, 1.165) is 29.0 Å². The Balaban J connectivity index is 1.54. The third kappa shape index (κ3) is 4.03. The number of nitrogens with zero attached hydrogens (tertiary/aromatic N) is 2. The van der Waals surface area contributed by atoms with Crippen LogP contribution >= 0.6 is 11.6 Å². The summed E-state index contributed by atoms with van der Waals surface area (Å²) in [5.41, 5.74) is 3.69. The predicted molar refractivity (Wildman–Crippen MR) is 109 cm³/mol. The Labute approximate surface area is 171 Å². The van der Waals surface area contributed by atoms with Crippen LogP contribution in [0.5, 0.6) is 0 Å². The van der Waals surface area contributed by atoms with Crippen LogP contribution in [0.15, 0.2) is 53.7 Å². The van der Waals surface area contributed by atoms with Gasteiger partial charge in [-0.1, -0.05) is 23.7 Å². The summed E-state index contributed by atoms with van der Waals surface area (Å²) in [6.45, 7) is 1.97. The van der Waals surface area contributed by atoms with E-state index < -0.39 is 24.0 Å². The van der Waals surface area contributed by atoms with Gasteiger partial charge in [0.15, 0.2) is 5.82 Å². The molecule has 7 heteroatoms. The van der Waals surface area contributed by atoms with Crippen molar-refractivity contribution in [2.45, 2.75) is 19.8 Å². The van der Waals surface area contributed by atoms with Gasteiger partial charge in [-0.15, -0.1) is 0 Å². The van der Waals surface area contributed by atoms with Crippen molar-refractivity contribution in [2.24, 2.45) is 4.99 Å². The maximum Gasteiger partial charge on any atom is 0.229 e. The molecule has 1 aliphatic heterocycles. The van der Waals surface area contributed by atoms with Gasteiger partial charge in [0, 0.05) is 40.0 Å². The Bertz CT molecular complexity index is 1140. The first-order valence-corrected chi connectivity index (χ1v) is 9.34. The number of halogens is 3. The van der Waals surface area contributed by atoms with E-state index in [0.29, 0.717) is 28.5 Å². The van der Waals surface area contributed by atoms with Crippen molar-refractivity contribution < 1.29 is 13.6 Å². The first-order valence-electron chi connectivity index (χ1n) is 8.96. The number of amides is 1. The molecule has 0 saturated carbocycles. The summed E-state index contributed by atoms with van der Waals surface area (Å²) in [5.74, 6) is -1.38. The molecule has 1 amide bonds. The van der Waals surface area contributed by atoms with Gasteiger partial charge in [-0.25, -0.2) is 18.8 Å². The average molecular weight is 412 g/mol. The number of benzene rings is 2. The number of anilines is 1. The number of carbonyl (C=O) groups is 1. The minimum absolute atomic E-state index is 0.267. The lowest BCUT2D eigenvalue weighted by molar-refractivity contribution is -0.115. The van der Waals surface area contributed by atoms with Crippen LogP contribution in [0.25, 0.3) is 0 Å². The Morgan fingerprint density at radius 2 is 1.93 bits per heavy atom. The summed E-state index contributed by atoms with van der Waals surface area (Å²) in [5, 5.41) is 3.16. The lowest BCUT2D eigenvalue weighted by Crippen LogP contribution is -2.16. The van der Waals surface area contributed by atoms with Crippen molar-refractivity contribution in [1.29, 1.82) is 0 Å². The summed E-state index contributed by atoms with van der Waals surface area (Å²) >= 11 is 6.35. The van der Waals surface area contributed by atoms with Crippen LogP contribution < -0.4 is 5.32 Å². The highest BCUT2D eigenvalue weighted by atomic mass is 35.5. The van der Waals surface area contributed by atoms with Gasteiger partial charge in [0.2, 0.25) is 5.91 Å². The van der Waals surface area contributed by atoms with E-state index >= 15 is 0 Å². The number of aromatic nitrogens is 1. The van der Waals surface area contributed by atoms with Gasteiger partial charge in [-0.05, 0) is 42.8 Å². The van der Waals surface area contributed by atoms with Crippen molar-refractivity contribution in [3.63, 3.8) is 0 Å². The molecule has 1 aromatic heterocycles. The lowest BCUT2D eigenvalue weighted by atomic mass is 10.0. The molecule has 4 nitrogen and oxygen atoms in total. The minimum Gasteiger partial charge on any atom is -0.326 e. The number of aryl methyl sites for hydroxylation is 1. The van der Waals surface area contributed by atoms with Crippen LogP contribution in [0.3, 0.4) is 0 Å². The fourth-order valence-electron chi connectivity index (χ4n) is 3.25. The third-order valence-electron chi connectivity index (χ3n) is 4.64. The Hall–Kier alpha value is -3.12. The van der Waals surface area contributed by atoms with Gasteiger partial charge < -0.3 is 5.32 Å². The van der Waals surface area contributed by atoms with Crippen molar-refractivity contribution in [2.75, 3.05) is 5.32 Å². The molecule has 4 rings (SSSR count). The van der Waals surface area contributed by atoms with Gasteiger partial charge in [-0.3, -0.25) is 4.79 Å². The Kier molecular flexibility index (Phi) is 5.11. The quantitative estimate of drug-likeness (QED) is 0.643. The number of nitrogens with one attached hydrogen (secondary N) is 1. The monoisotopic (exact) mass is 411 g/mol. The molecule has 0 radical (unpaired) electrons. The first kappa shape index (κ1) is 19.2. The highest BCUT2D eigenvalue weighted by molar-refractivity contribution is 6.34. The van der Waals surface area contributed by atoms with Crippen molar-refractivity contribution >= 4 is 34.7 Å². The van der Waals surface area contributed by atoms with Gasteiger partial charge in [0.05, 0.1) is 12.1 Å². The van der Waals surface area contributed by atoms with Crippen LogP contribution in [0.2, 0.25) is 5.02 Å². The highest BCUT2D eigenvalue weighted by Gasteiger charge is 2.20. The molecule has 0 aliphatic carbocycles. The first-order chi connectivity index (χ1) is 13.9. The molecule has 0 atom stereocenters. The molecule has 0 bridgehead atoms. The fourth-order valence-corrected chi connectivity index (χ4v) is 3.47. The van der Waals surface area contributed by atoms with E-state index in [9.17, 15) is 13.6 Å². The molecule has 0 fully saturated rings. The van der Waals surface area contributed by atoms with E-state index in [4.69, 9.17) is 11.6 Å². The van der Waals surface area contributed by atoms with E-state index in [2.05, 4.69) is 15.3 Å². The third-order valence-corrected chi connectivity index (χ3v) is 4.97. The summed E-state index contributed by atoms with van der Waals surface area (Å²) < 4.78 is 27.5. The standard InChI is InChI=1S/C22H16ClF2N3O/c1-12-7-13-8-20(28-22(13)26-11-12)15-9-14(5-6-17(15)23)27-21(29)10-16-18(24)3-2-4-19(16)25/h2-7,9,11H,8,10H2,1H3,(H,27,29). The minimum atomic E-state index is -0.752. The number of pyridine rings is 1. The molecule has 29 heavy (non-hydrogen) atoms. The van der Waals surface area contributed by atoms with Crippen LogP contribution in [0.4, 0.5) is 20.3 Å². The molecule has 0 unspecified atom stereocenters. The molecule has 146 valence electrons. The number of rotatable bonds is 4. The smallest absolute Gasteiger partial charge is 0.229 e. The van der Waals surface area contributed by atoms with Crippen molar-refractivity contribution in [3.05, 3.63) is 87.6 Å². The lowest BCUT2D eigenvalue weighted by Gasteiger charge is -2.10. The molecular weight excluding hydrogens is 396 g/mol. The predicted octanol–water partition coefficient (Wildman–Crippen LogP) is 5.18. The zero-order valence-corrected chi connectivity index (χ0v) is 16.2. The van der Waals surface area contributed by atoms with Gasteiger partial charge >= 0.3 is 0 Å². The Morgan fingerprint density at radius 3 is 2.69 bits per heavy atom. The number of aliphatic imine (C=N–C) groups is 1. The van der Waals surface area contributed by atoms with Crippen LogP contribution in [-0.4, -0.2) is 16.6 Å². The van der Waals surface area contributed by atoms with E-state index in [1.54, 1.807) is 24.4 Å². The summed E-state index contributed by atoms with van der Waals surface area (Å²) in [6.07, 6.45) is 1.93.